The van der Waals surface area contributed by atoms with Crippen LogP contribution in [0.2, 0.25) is 0 Å². The zero-order chi connectivity index (χ0) is 19.1. The van der Waals surface area contributed by atoms with Crippen molar-refractivity contribution in [1.82, 2.24) is 5.32 Å². The topological polar surface area (TPSA) is 79.5 Å². The molecule has 1 fully saturated rings. The Labute approximate surface area is 159 Å². The van der Waals surface area contributed by atoms with Gasteiger partial charge in [-0.2, -0.15) is 0 Å². The molecular formula is C21H25N3O3. The van der Waals surface area contributed by atoms with Crippen molar-refractivity contribution >= 4 is 23.5 Å². The number of ether oxygens (including phenoxy) is 1. The van der Waals surface area contributed by atoms with Crippen molar-refractivity contribution in [3.8, 4) is 0 Å². The van der Waals surface area contributed by atoms with Gasteiger partial charge in [-0.05, 0) is 49.9 Å². The molecule has 3 rings (SSSR count). The number of urea groups is 1. The van der Waals surface area contributed by atoms with Gasteiger partial charge in [-0.25, -0.2) is 9.59 Å². The molecule has 0 bridgehead atoms. The van der Waals surface area contributed by atoms with Crippen LogP contribution in [0.4, 0.5) is 21.0 Å². The van der Waals surface area contributed by atoms with Gasteiger partial charge >= 0.3 is 12.1 Å². The highest BCUT2D eigenvalue weighted by molar-refractivity contribution is 5.90. The molecular weight excluding hydrogens is 342 g/mol. The lowest BCUT2D eigenvalue weighted by atomic mass is 9.93. The smallest absolute Gasteiger partial charge is 0.411 e. The molecule has 0 radical (unpaired) electrons. The van der Waals surface area contributed by atoms with E-state index in [1.165, 1.54) is 0 Å². The van der Waals surface area contributed by atoms with Crippen molar-refractivity contribution in [2.24, 2.45) is 0 Å². The Morgan fingerprint density at radius 1 is 0.963 bits per heavy atom. The lowest BCUT2D eigenvalue weighted by molar-refractivity contribution is 0.0779. The first kappa shape index (κ1) is 18.8. The number of anilines is 2. The molecule has 0 aromatic heterocycles. The molecule has 0 aliphatic heterocycles. The summed E-state index contributed by atoms with van der Waals surface area (Å²) in [6, 6.07) is 16.6. The molecule has 6 nitrogen and oxygen atoms in total. The molecule has 27 heavy (non-hydrogen) atoms. The van der Waals surface area contributed by atoms with E-state index in [2.05, 4.69) is 16.0 Å². The molecule has 2 atom stereocenters. The zero-order valence-electron chi connectivity index (χ0n) is 15.4. The van der Waals surface area contributed by atoms with Crippen LogP contribution in [0.15, 0.2) is 54.6 Å². The number of para-hydroxylation sites is 2. The average Bonchev–Trinajstić information content (AvgIpc) is 2.64. The lowest BCUT2D eigenvalue weighted by Crippen LogP contribution is -2.43. The fourth-order valence-corrected chi connectivity index (χ4v) is 3.26. The van der Waals surface area contributed by atoms with Gasteiger partial charge in [0.05, 0.1) is 0 Å². The van der Waals surface area contributed by atoms with Crippen LogP contribution in [0.1, 0.15) is 31.2 Å². The molecule has 0 heterocycles. The number of hydrogen-bond donors (Lipinski definition) is 3. The van der Waals surface area contributed by atoms with Crippen molar-refractivity contribution in [1.29, 1.82) is 0 Å². The Hall–Kier alpha value is -3.02. The van der Waals surface area contributed by atoms with Gasteiger partial charge in [0.15, 0.2) is 0 Å². The van der Waals surface area contributed by atoms with E-state index in [0.717, 1.165) is 30.5 Å². The highest BCUT2D eigenvalue weighted by Crippen LogP contribution is 2.22. The minimum atomic E-state index is -0.462. The fraction of sp³-hybridized carbons (Fsp3) is 0.333. The summed E-state index contributed by atoms with van der Waals surface area (Å²) < 4.78 is 5.52. The molecule has 0 unspecified atom stereocenters. The molecule has 3 amide bonds. The van der Waals surface area contributed by atoms with E-state index in [0.29, 0.717) is 12.1 Å². The van der Waals surface area contributed by atoms with Gasteiger partial charge in [-0.15, -0.1) is 0 Å². The number of amides is 3. The van der Waals surface area contributed by atoms with E-state index in [1.807, 2.05) is 61.5 Å². The molecule has 0 spiro atoms. The number of nitrogens with one attached hydrogen (secondary N) is 3. The maximum atomic E-state index is 12.3. The lowest BCUT2D eigenvalue weighted by Gasteiger charge is -2.29. The summed E-state index contributed by atoms with van der Waals surface area (Å²) in [6.07, 6.45) is 2.53. The van der Waals surface area contributed by atoms with E-state index in [4.69, 9.17) is 4.74 Å². The third-order valence-electron chi connectivity index (χ3n) is 4.65. The number of rotatable bonds is 4. The largest absolute Gasteiger partial charge is 0.446 e. The molecule has 1 saturated carbocycles. The number of carbonyl (C=O) groups excluding carboxylic acids is 2. The Kier molecular flexibility index (Phi) is 6.30. The second-order valence-corrected chi connectivity index (χ2v) is 6.80. The standard InChI is InChI=1S/C21H25N3O3/c1-15-8-5-6-13-19(15)24-20(25)22-17-11-7-12-18(14-17)27-21(26)23-16-9-3-2-4-10-16/h2-6,8-10,13,17-18H,7,11-12,14H2,1H3,(H,23,26)(H2,22,24,25)/t17-,18+/m1/s1. The van der Waals surface area contributed by atoms with E-state index in [-0.39, 0.29) is 18.2 Å². The van der Waals surface area contributed by atoms with Gasteiger partial charge < -0.3 is 15.4 Å². The van der Waals surface area contributed by atoms with Gasteiger partial charge in [0.25, 0.3) is 0 Å². The maximum absolute atomic E-state index is 12.3. The van der Waals surface area contributed by atoms with Crippen LogP contribution >= 0.6 is 0 Å². The first-order chi connectivity index (χ1) is 13.1. The summed E-state index contributed by atoms with van der Waals surface area (Å²) in [5, 5.41) is 8.58. The van der Waals surface area contributed by atoms with Crippen molar-refractivity contribution in [3.63, 3.8) is 0 Å². The van der Waals surface area contributed by atoms with Gasteiger partial charge in [-0.3, -0.25) is 5.32 Å². The summed E-state index contributed by atoms with van der Waals surface area (Å²) >= 11 is 0. The molecule has 142 valence electrons. The zero-order valence-corrected chi connectivity index (χ0v) is 15.4. The first-order valence-electron chi connectivity index (χ1n) is 9.26. The Balaban J connectivity index is 1.46. The van der Waals surface area contributed by atoms with Crippen molar-refractivity contribution in [3.05, 3.63) is 60.2 Å². The summed E-state index contributed by atoms with van der Waals surface area (Å²) in [5.41, 5.74) is 2.50. The quantitative estimate of drug-likeness (QED) is 0.734. The van der Waals surface area contributed by atoms with Gasteiger partial charge in [-0.1, -0.05) is 36.4 Å². The van der Waals surface area contributed by atoms with E-state index < -0.39 is 6.09 Å². The number of carbonyl (C=O) groups is 2. The van der Waals surface area contributed by atoms with E-state index in [9.17, 15) is 9.59 Å². The van der Waals surface area contributed by atoms with E-state index >= 15 is 0 Å². The number of aryl methyl sites for hydroxylation is 1. The molecule has 0 saturated heterocycles. The number of hydrogen-bond acceptors (Lipinski definition) is 3. The van der Waals surface area contributed by atoms with Crippen LogP contribution in [-0.2, 0) is 4.74 Å². The Morgan fingerprint density at radius 3 is 2.48 bits per heavy atom. The second-order valence-electron chi connectivity index (χ2n) is 6.80. The van der Waals surface area contributed by atoms with Gasteiger partial charge in [0.2, 0.25) is 0 Å². The predicted molar refractivity (Wildman–Crippen MR) is 106 cm³/mol. The van der Waals surface area contributed by atoms with E-state index in [1.54, 1.807) is 0 Å². The summed E-state index contributed by atoms with van der Waals surface area (Å²) in [4.78, 5) is 24.3. The summed E-state index contributed by atoms with van der Waals surface area (Å²) in [7, 11) is 0. The molecule has 2 aromatic rings. The highest BCUT2D eigenvalue weighted by atomic mass is 16.6. The summed E-state index contributed by atoms with van der Waals surface area (Å²) in [5.74, 6) is 0. The van der Waals surface area contributed by atoms with Crippen molar-refractivity contribution < 1.29 is 14.3 Å². The van der Waals surface area contributed by atoms with Crippen LogP contribution in [0.25, 0.3) is 0 Å². The average molecular weight is 367 g/mol. The predicted octanol–water partition coefficient (Wildman–Crippen LogP) is 4.68. The minimum absolute atomic E-state index is 0.0164. The summed E-state index contributed by atoms with van der Waals surface area (Å²) in [6.45, 7) is 1.95. The number of benzene rings is 2. The fourth-order valence-electron chi connectivity index (χ4n) is 3.26. The Morgan fingerprint density at radius 2 is 1.70 bits per heavy atom. The monoisotopic (exact) mass is 367 g/mol. The van der Waals surface area contributed by atoms with Crippen LogP contribution in [-0.4, -0.2) is 24.3 Å². The van der Waals surface area contributed by atoms with Crippen molar-refractivity contribution in [2.45, 2.75) is 44.8 Å². The highest BCUT2D eigenvalue weighted by Gasteiger charge is 2.26. The second kappa shape index (κ2) is 9.07. The third-order valence-corrected chi connectivity index (χ3v) is 4.65. The molecule has 6 heteroatoms. The van der Waals surface area contributed by atoms with Crippen LogP contribution < -0.4 is 16.0 Å². The van der Waals surface area contributed by atoms with Crippen molar-refractivity contribution in [2.75, 3.05) is 10.6 Å². The van der Waals surface area contributed by atoms with Gasteiger partial charge in [0, 0.05) is 23.8 Å². The third kappa shape index (κ3) is 5.74. The van der Waals surface area contributed by atoms with Crippen LogP contribution in [0, 0.1) is 6.92 Å². The van der Waals surface area contributed by atoms with Crippen LogP contribution in [0.3, 0.4) is 0 Å². The maximum Gasteiger partial charge on any atom is 0.411 e. The normalized spacial score (nSPS) is 19.0. The molecule has 1 aliphatic rings. The molecule has 3 N–H and O–H groups in total. The van der Waals surface area contributed by atoms with Gasteiger partial charge in [0.1, 0.15) is 6.10 Å². The molecule has 1 aliphatic carbocycles. The van der Waals surface area contributed by atoms with Crippen LogP contribution in [0.5, 0.6) is 0 Å². The first-order valence-corrected chi connectivity index (χ1v) is 9.26. The minimum Gasteiger partial charge on any atom is -0.446 e. The Bertz CT molecular complexity index is 779. The SMILES string of the molecule is Cc1ccccc1NC(=O)N[C@@H]1CCC[C@H](OC(=O)Nc2ccccc2)C1. The molecule has 2 aromatic carbocycles.